The van der Waals surface area contributed by atoms with E-state index in [-0.39, 0.29) is 11.7 Å². The van der Waals surface area contributed by atoms with Gasteiger partial charge in [0.25, 0.3) is 0 Å². The van der Waals surface area contributed by atoms with Crippen molar-refractivity contribution in [3.8, 4) is 12.3 Å². The molecule has 0 aliphatic carbocycles. The third kappa shape index (κ3) is 5.23. The Morgan fingerprint density at radius 3 is 3.00 bits per heavy atom. The number of aromatic nitrogens is 2. The van der Waals surface area contributed by atoms with Gasteiger partial charge in [0, 0.05) is 43.3 Å². The van der Waals surface area contributed by atoms with E-state index in [0.717, 1.165) is 18.5 Å². The van der Waals surface area contributed by atoms with Crippen LogP contribution in [0.25, 0.3) is 0 Å². The van der Waals surface area contributed by atoms with Crippen LogP contribution in [0.2, 0.25) is 0 Å². The van der Waals surface area contributed by atoms with Crippen molar-refractivity contribution in [2.75, 3.05) is 19.8 Å². The molecule has 0 unspecified atom stereocenters. The molecule has 5 heteroatoms. The highest BCUT2D eigenvalue weighted by atomic mass is 16.5. The first-order valence-corrected chi connectivity index (χ1v) is 7.44. The summed E-state index contributed by atoms with van der Waals surface area (Å²) in [5, 5.41) is 7.22. The molecule has 2 rings (SSSR count). The SMILES string of the molecule is C#C/C=C(\C=C/Cn1cccn1)NCC(=O)C1CCOCC1. The fourth-order valence-corrected chi connectivity index (χ4v) is 2.30. The molecule has 5 nitrogen and oxygen atoms in total. The summed E-state index contributed by atoms with van der Waals surface area (Å²) < 4.78 is 7.08. The Labute approximate surface area is 131 Å². The molecular weight excluding hydrogens is 278 g/mol. The molecule has 22 heavy (non-hydrogen) atoms. The number of rotatable bonds is 7. The molecule has 0 spiro atoms. The number of terminal acetylenes is 1. The molecule has 0 radical (unpaired) electrons. The number of nitrogens with zero attached hydrogens (tertiary/aromatic N) is 2. The molecule has 0 atom stereocenters. The van der Waals surface area contributed by atoms with Crippen molar-refractivity contribution in [1.82, 2.24) is 15.1 Å². The average Bonchev–Trinajstić information content (AvgIpc) is 3.06. The Hall–Kier alpha value is -2.32. The molecule has 0 saturated carbocycles. The Morgan fingerprint density at radius 1 is 1.50 bits per heavy atom. The summed E-state index contributed by atoms with van der Waals surface area (Å²) in [6.45, 7) is 2.30. The molecule has 1 saturated heterocycles. The molecule has 1 aliphatic heterocycles. The van der Waals surface area contributed by atoms with Gasteiger partial charge in [0.1, 0.15) is 0 Å². The van der Waals surface area contributed by atoms with Gasteiger partial charge in [0.05, 0.1) is 13.1 Å². The van der Waals surface area contributed by atoms with Gasteiger partial charge in [0.2, 0.25) is 0 Å². The topological polar surface area (TPSA) is 56.2 Å². The van der Waals surface area contributed by atoms with Gasteiger partial charge in [-0.15, -0.1) is 6.42 Å². The zero-order valence-corrected chi connectivity index (χ0v) is 12.6. The highest BCUT2D eigenvalue weighted by molar-refractivity contribution is 5.83. The van der Waals surface area contributed by atoms with E-state index in [1.54, 1.807) is 17.0 Å². The third-order valence-corrected chi connectivity index (χ3v) is 3.53. The van der Waals surface area contributed by atoms with Gasteiger partial charge in [-0.05, 0) is 25.0 Å². The van der Waals surface area contributed by atoms with Crippen molar-refractivity contribution in [3.05, 3.63) is 42.4 Å². The van der Waals surface area contributed by atoms with E-state index in [1.165, 1.54) is 0 Å². The van der Waals surface area contributed by atoms with Crippen LogP contribution in [0.15, 0.2) is 42.4 Å². The van der Waals surface area contributed by atoms with E-state index in [4.69, 9.17) is 11.2 Å². The lowest BCUT2D eigenvalue weighted by Gasteiger charge is -2.21. The van der Waals surface area contributed by atoms with Crippen LogP contribution in [-0.4, -0.2) is 35.3 Å². The number of hydrogen-bond donors (Lipinski definition) is 1. The van der Waals surface area contributed by atoms with Gasteiger partial charge in [-0.2, -0.15) is 5.10 Å². The first kappa shape index (κ1) is 16.1. The first-order chi connectivity index (χ1) is 10.8. The normalized spacial score (nSPS) is 16.6. The first-order valence-electron chi connectivity index (χ1n) is 7.44. The highest BCUT2D eigenvalue weighted by Gasteiger charge is 2.20. The fourth-order valence-electron chi connectivity index (χ4n) is 2.30. The molecule has 0 bridgehead atoms. The van der Waals surface area contributed by atoms with E-state index in [9.17, 15) is 4.79 Å². The van der Waals surface area contributed by atoms with Gasteiger partial charge < -0.3 is 10.1 Å². The number of carbonyl (C=O) groups is 1. The second-order valence-corrected chi connectivity index (χ2v) is 5.10. The lowest BCUT2D eigenvalue weighted by molar-refractivity contribution is -0.124. The van der Waals surface area contributed by atoms with E-state index >= 15 is 0 Å². The van der Waals surface area contributed by atoms with Gasteiger partial charge in [-0.1, -0.05) is 12.0 Å². The number of carbonyl (C=O) groups excluding carboxylic acids is 1. The maximum atomic E-state index is 12.1. The lowest BCUT2D eigenvalue weighted by atomic mass is 9.95. The highest BCUT2D eigenvalue weighted by Crippen LogP contribution is 2.15. The van der Waals surface area contributed by atoms with Crippen molar-refractivity contribution in [2.24, 2.45) is 5.92 Å². The minimum atomic E-state index is 0.0985. The van der Waals surface area contributed by atoms with Crippen LogP contribution >= 0.6 is 0 Å². The maximum absolute atomic E-state index is 12.1. The molecular formula is C17H21N3O2. The van der Waals surface area contributed by atoms with Crippen LogP contribution < -0.4 is 5.32 Å². The van der Waals surface area contributed by atoms with Crippen LogP contribution in [0.5, 0.6) is 0 Å². The molecule has 0 aromatic carbocycles. The number of ether oxygens (including phenoxy) is 1. The van der Waals surface area contributed by atoms with Crippen molar-refractivity contribution in [1.29, 1.82) is 0 Å². The lowest BCUT2D eigenvalue weighted by Crippen LogP contribution is -2.31. The predicted octanol–water partition coefficient (Wildman–Crippen LogP) is 1.54. The molecule has 1 fully saturated rings. The minimum Gasteiger partial charge on any atom is -0.381 e. The minimum absolute atomic E-state index is 0.0985. The Kier molecular flexibility index (Phi) is 6.46. The summed E-state index contributed by atoms with van der Waals surface area (Å²) in [7, 11) is 0. The van der Waals surface area contributed by atoms with E-state index in [2.05, 4.69) is 16.3 Å². The second-order valence-electron chi connectivity index (χ2n) is 5.10. The molecule has 1 aromatic heterocycles. The quantitative estimate of drug-likeness (QED) is 0.613. The van der Waals surface area contributed by atoms with Crippen LogP contribution in [-0.2, 0) is 16.1 Å². The number of nitrogens with one attached hydrogen (secondary N) is 1. The average molecular weight is 299 g/mol. The number of allylic oxidation sites excluding steroid dienone is 3. The van der Waals surface area contributed by atoms with E-state index < -0.39 is 0 Å². The van der Waals surface area contributed by atoms with Crippen molar-refractivity contribution < 1.29 is 9.53 Å². The summed E-state index contributed by atoms with van der Waals surface area (Å²) in [5.74, 6) is 2.80. The Morgan fingerprint density at radius 2 is 2.32 bits per heavy atom. The summed E-state index contributed by atoms with van der Waals surface area (Å²) in [6, 6.07) is 1.87. The van der Waals surface area contributed by atoms with E-state index in [1.807, 2.05) is 24.4 Å². The fraction of sp³-hybridized carbons (Fsp3) is 0.412. The predicted molar refractivity (Wildman–Crippen MR) is 84.8 cm³/mol. The number of Topliss-reactive ketones (excluding diaryl/α,β-unsaturated/α-hetero) is 1. The largest absolute Gasteiger partial charge is 0.381 e. The molecule has 2 heterocycles. The van der Waals surface area contributed by atoms with Crippen LogP contribution in [0.3, 0.4) is 0 Å². The Balaban J connectivity index is 1.81. The standard InChI is InChI=1S/C17H21N3O2/c1-2-5-16(6-3-10-20-11-4-9-19-20)18-14-17(21)15-7-12-22-13-8-15/h1,3-6,9,11,15,18H,7-8,10,12-14H2/b6-3-,16-5+. The zero-order valence-electron chi connectivity index (χ0n) is 12.6. The van der Waals surface area contributed by atoms with Gasteiger partial charge >= 0.3 is 0 Å². The van der Waals surface area contributed by atoms with Crippen molar-refractivity contribution >= 4 is 5.78 Å². The molecule has 116 valence electrons. The smallest absolute Gasteiger partial charge is 0.155 e. The maximum Gasteiger partial charge on any atom is 0.155 e. The van der Waals surface area contributed by atoms with Gasteiger partial charge in [-0.3, -0.25) is 9.48 Å². The summed E-state index contributed by atoms with van der Waals surface area (Å²) in [5.41, 5.74) is 0.759. The molecule has 1 N–H and O–H groups in total. The van der Waals surface area contributed by atoms with Gasteiger partial charge in [0.15, 0.2) is 5.78 Å². The molecule has 0 amide bonds. The van der Waals surface area contributed by atoms with Crippen LogP contribution in [0, 0.1) is 18.3 Å². The third-order valence-electron chi connectivity index (χ3n) is 3.53. The van der Waals surface area contributed by atoms with Crippen molar-refractivity contribution in [2.45, 2.75) is 19.4 Å². The number of hydrogen-bond acceptors (Lipinski definition) is 4. The Bertz CT molecular complexity index is 561. The van der Waals surface area contributed by atoms with Crippen molar-refractivity contribution in [3.63, 3.8) is 0 Å². The molecule has 1 aliphatic rings. The van der Waals surface area contributed by atoms with E-state index in [0.29, 0.717) is 26.3 Å². The van der Waals surface area contributed by atoms with Crippen LogP contribution in [0.4, 0.5) is 0 Å². The van der Waals surface area contributed by atoms with Crippen LogP contribution in [0.1, 0.15) is 12.8 Å². The summed E-state index contributed by atoms with van der Waals surface area (Å²) >= 11 is 0. The monoisotopic (exact) mass is 299 g/mol. The van der Waals surface area contributed by atoms with Gasteiger partial charge in [-0.25, -0.2) is 0 Å². The molecule has 1 aromatic rings. The zero-order chi connectivity index (χ0) is 15.6. The second kappa shape index (κ2) is 8.85. The number of ketones is 1. The summed E-state index contributed by atoms with van der Waals surface area (Å²) in [6.07, 6.45) is 16.0. The summed E-state index contributed by atoms with van der Waals surface area (Å²) in [4.78, 5) is 12.1.